The maximum Gasteiger partial charge on any atom is 0.144 e. The highest BCUT2D eigenvalue weighted by Crippen LogP contribution is 2.42. The first-order valence-electron chi connectivity index (χ1n) is 5.82. The van der Waals surface area contributed by atoms with Crippen molar-refractivity contribution in [2.45, 2.75) is 46.6 Å². The molecular weight excluding hydrogens is 188 g/mol. The van der Waals surface area contributed by atoms with Crippen LogP contribution in [0, 0.1) is 17.3 Å². The lowest BCUT2D eigenvalue weighted by Crippen LogP contribution is -2.31. The van der Waals surface area contributed by atoms with E-state index in [9.17, 15) is 9.90 Å². The maximum absolute atomic E-state index is 11.9. The molecular formula is C13H22O2. The molecule has 2 heteroatoms. The summed E-state index contributed by atoms with van der Waals surface area (Å²) in [6, 6.07) is 0. The minimum absolute atomic E-state index is 0.000880. The number of hydrogen-bond donors (Lipinski definition) is 1. The Balaban J connectivity index is 2.79. The molecule has 15 heavy (non-hydrogen) atoms. The first kappa shape index (κ1) is 12.4. The lowest BCUT2D eigenvalue weighted by Gasteiger charge is -2.22. The Morgan fingerprint density at radius 2 is 2.07 bits per heavy atom. The first-order valence-corrected chi connectivity index (χ1v) is 5.82. The molecule has 0 spiro atoms. The van der Waals surface area contributed by atoms with Crippen LogP contribution in [0.25, 0.3) is 0 Å². The summed E-state index contributed by atoms with van der Waals surface area (Å²) in [7, 11) is 0. The number of carbonyl (C=O) groups is 1. The normalized spacial score (nSPS) is 35.3. The molecule has 0 aromatic heterocycles. The van der Waals surface area contributed by atoms with E-state index in [0.29, 0.717) is 0 Å². The standard InChI is InChI=1S/C13H22O2/c1-5-6-7-8-10-9(2)11(14)13(3,4)12(10)15/h7-10,12,15H,5-6H2,1-4H3/b8-7+. The van der Waals surface area contributed by atoms with Gasteiger partial charge >= 0.3 is 0 Å². The van der Waals surface area contributed by atoms with E-state index < -0.39 is 11.5 Å². The molecule has 86 valence electrons. The SMILES string of the molecule is CCC/C=C/C1C(C)C(=O)C(C)(C)C1O. The largest absolute Gasteiger partial charge is 0.391 e. The smallest absolute Gasteiger partial charge is 0.144 e. The minimum atomic E-state index is -0.583. The zero-order valence-electron chi connectivity index (χ0n) is 10.2. The van der Waals surface area contributed by atoms with E-state index >= 15 is 0 Å². The van der Waals surface area contributed by atoms with Gasteiger partial charge in [0, 0.05) is 11.8 Å². The van der Waals surface area contributed by atoms with Crippen molar-refractivity contribution >= 4 is 5.78 Å². The Bertz CT molecular complexity index is 266. The van der Waals surface area contributed by atoms with Gasteiger partial charge in [-0.2, -0.15) is 0 Å². The van der Waals surface area contributed by atoms with Gasteiger partial charge in [-0.3, -0.25) is 4.79 Å². The predicted molar refractivity (Wildman–Crippen MR) is 61.5 cm³/mol. The van der Waals surface area contributed by atoms with Crippen LogP contribution in [-0.2, 0) is 4.79 Å². The molecule has 0 radical (unpaired) electrons. The van der Waals surface area contributed by atoms with Crippen molar-refractivity contribution in [1.29, 1.82) is 0 Å². The highest BCUT2D eigenvalue weighted by Gasteiger charge is 2.51. The predicted octanol–water partition coefficient (Wildman–Crippen LogP) is 2.56. The van der Waals surface area contributed by atoms with E-state index in [4.69, 9.17) is 0 Å². The Morgan fingerprint density at radius 3 is 2.47 bits per heavy atom. The fraction of sp³-hybridized carbons (Fsp3) is 0.769. The molecule has 3 unspecified atom stereocenters. The number of unbranched alkanes of at least 4 members (excludes halogenated alkanes) is 1. The molecule has 2 nitrogen and oxygen atoms in total. The van der Waals surface area contributed by atoms with Crippen molar-refractivity contribution in [3.63, 3.8) is 0 Å². The van der Waals surface area contributed by atoms with Crippen LogP contribution in [0.3, 0.4) is 0 Å². The van der Waals surface area contributed by atoms with Gasteiger partial charge in [0.15, 0.2) is 0 Å². The van der Waals surface area contributed by atoms with Crippen LogP contribution >= 0.6 is 0 Å². The molecule has 1 aliphatic rings. The van der Waals surface area contributed by atoms with Gasteiger partial charge < -0.3 is 5.11 Å². The molecule has 1 aliphatic carbocycles. The Labute approximate surface area is 92.4 Å². The quantitative estimate of drug-likeness (QED) is 0.727. The van der Waals surface area contributed by atoms with Gasteiger partial charge in [-0.05, 0) is 6.42 Å². The summed E-state index contributed by atoms with van der Waals surface area (Å²) in [5.74, 6) is 0.128. The van der Waals surface area contributed by atoms with Crippen molar-refractivity contribution in [1.82, 2.24) is 0 Å². The van der Waals surface area contributed by atoms with Crippen molar-refractivity contribution < 1.29 is 9.90 Å². The summed E-state index contributed by atoms with van der Waals surface area (Å²) in [6.45, 7) is 7.71. The van der Waals surface area contributed by atoms with Gasteiger partial charge in [-0.15, -0.1) is 0 Å². The summed E-state index contributed by atoms with van der Waals surface area (Å²) in [6.07, 6.45) is 5.69. The average Bonchev–Trinajstić information content (AvgIpc) is 2.33. The molecule has 0 aromatic carbocycles. The number of allylic oxidation sites excluding steroid dienone is 1. The fourth-order valence-electron chi connectivity index (χ4n) is 2.35. The Hall–Kier alpha value is -0.630. The third-order valence-electron chi connectivity index (χ3n) is 3.54. The molecule has 0 saturated heterocycles. The topological polar surface area (TPSA) is 37.3 Å². The van der Waals surface area contributed by atoms with Gasteiger partial charge in [0.2, 0.25) is 0 Å². The van der Waals surface area contributed by atoms with Crippen LogP contribution < -0.4 is 0 Å². The van der Waals surface area contributed by atoms with E-state index in [-0.39, 0.29) is 17.6 Å². The molecule has 1 rings (SSSR count). The van der Waals surface area contributed by atoms with Crippen molar-refractivity contribution in [3.05, 3.63) is 12.2 Å². The number of rotatable bonds is 3. The number of ketones is 1. The number of hydrogen-bond acceptors (Lipinski definition) is 2. The molecule has 3 atom stereocenters. The summed E-state index contributed by atoms with van der Waals surface area (Å²) in [4.78, 5) is 11.9. The molecule has 1 N–H and O–H groups in total. The van der Waals surface area contributed by atoms with E-state index in [2.05, 4.69) is 13.0 Å². The Kier molecular flexibility index (Phi) is 3.72. The van der Waals surface area contributed by atoms with E-state index in [0.717, 1.165) is 12.8 Å². The van der Waals surface area contributed by atoms with Gasteiger partial charge in [-0.1, -0.05) is 46.3 Å². The van der Waals surface area contributed by atoms with Crippen LogP contribution in [-0.4, -0.2) is 17.0 Å². The van der Waals surface area contributed by atoms with Crippen molar-refractivity contribution in [3.8, 4) is 0 Å². The number of aliphatic hydroxyl groups is 1. The summed E-state index contributed by atoms with van der Waals surface area (Å²) >= 11 is 0. The van der Waals surface area contributed by atoms with Gasteiger partial charge in [-0.25, -0.2) is 0 Å². The van der Waals surface area contributed by atoms with Gasteiger partial charge in [0.25, 0.3) is 0 Å². The first-order chi connectivity index (χ1) is 6.92. The molecule has 0 heterocycles. The van der Waals surface area contributed by atoms with Crippen LogP contribution in [0.15, 0.2) is 12.2 Å². The maximum atomic E-state index is 11.9. The zero-order valence-corrected chi connectivity index (χ0v) is 10.2. The van der Waals surface area contributed by atoms with Crippen LogP contribution in [0.1, 0.15) is 40.5 Å². The second kappa shape index (κ2) is 4.48. The lowest BCUT2D eigenvalue weighted by molar-refractivity contribution is -0.129. The van der Waals surface area contributed by atoms with Crippen LogP contribution in [0.2, 0.25) is 0 Å². The highest BCUT2D eigenvalue weighted by molar-refractivity contribution is 5.89. The van der Waals surface area contributed by atoms with Gasteiger partial charge in [0.05, 0.1) is 11.5 Å². The van der Waals surface area contributed by atoms with E-state index in [1.807, 2.05) is 26.8 Å². The zero-order chi connectivity index (χ0) is 11.6. The summed E-state index contributed by atoms with van der Waals surface area (Å²) in [5, 5.41) is 10.1. The Morgan fingerprint density at radius 1 is 1.47 bits per heavy atom. The molecule has 0 aromatic rings. The molecule has 0 aliphatic heterocycles. The van der Waals surface area contributed by atoms with Crippen molar-refractivity contribution in [2.24, 2.45) is 17.3 Å². The molecule has 0 bridgehead atoms. The average molecular weight is 210 g/mol. The molecule has 1 fully saturated rings. The molecule has 0 amide bonds. The van der Waals surface area contributed by atoms with Crippen LogP contribution in [0.4, 0.5) is 0 Å². The number of Topliss-reactive ketones (excluding diaryl/α,β-unsaturated/α-hetero) is 1. The second-order valence-electron chi connectivity index (χ2n) is 5.11. The fourth-order valence-corrected chi connectivity index (χ4v) is 2.35. The monoisotopic (exact) mass is 210 g/mol. The number of aliphatic hydroxyl groups excluding tert-OH is 1. The third-order valence-corrected chi connectivity index (χ3v) is 3.54. The minimum Gasteiger partial charge on any atom is -0.391 e. The summed E-state index contributed by atoms with van der Waals surface area (Å²) in [5.41, 5.74) is -0.583. The molecule has 1 saturated carbocycles. The van der Waals surface area contributed by atoms with E-state index in [1.54, 1.807) is 0 Å². The third kappa shape index (κ3) is 2.15. The van der Waals surface area contributed by atoms with Gasteiger partial charge in [0.1, 0.15) is 5.78 Å². The summed E-state index contributed by atoms with van der Waals surface area (Å²) < 4.78 is 0. The second-order valence-corrected chi connectivity index (χ2v) is 5.11. The van der Waals surface area contributed by atoms with E-state index in [1.165, 1.54) is 0 Å². The van der Waals surface area contributed by atoms with Crippen molar-refractivity contribution in [2.75, 3.05) is 0 Å². The highest BCUT2D eigenvalue weighted by atomic mass is 16.3. The lowest BCUT2D eigenvalue weighted by atomic mass is 9.86. The van der Waals surface area contributed by atoms with Crippen LogP contribution in [0.5, 0.6) is 0 Å². The number of carbonyl (C=O) groups excluding carboxylic acids is 1.